The minimum absolute atomic E-state index is 0.0875. The number of imidazole rings is 1. The highest BCUT2D eigenvalue weighted by molar-refractivity contribution is 7.89. The van der Waals surface area contributed by atoms with E-state index in [4.69, 9.17) is 11.6 Å². The average molecular weight is 381 g/mol. The quantitative estimate of drug-likeness (QED) is 0.865. The fourth-order valence-electron chi connectivity index (χ4n) is 3.59. The Hall–Kier alpha value is -1.57. The van der Waals surface area contributed by atoms with Crippen LogP contribution in [-0.4, -0.2) is 41.4 Å². The van der Waals surface area contributed by atoms with Crippen molar-refractivity contribution < 1.29 is 8.42 Å². The summed E-state index contributed by atoms with van der Waals surface area (Å²) in [7, 11) is -1.78. The Morgan fingerprint density at radius 3 is 2.72 bits per heavy atom. The second kappa shape index (κ2) is 6.30. The number of nitrogens with one attached hydrogen (secondary N) is 1. The molecule has 1 aliphatic heterocycles. The first-order valence-corrected chi connectivity index (χ1v) is 10.3. The zero-order chi connectivity index (χ0) is 17.6. The number of hydrogen-bond donors (Lipinski definition) is 1. The maximum absolute atomic E-state index is 12.9. The molecule has 25 heavy (non-hydrogen) atoms. The van der Waals surface area contributed by atoms with Crippen LogP contribution in [0.2, 0.25) is 5.02 Å². The van der Waals surface area contributed by atoms with E-state index < -0.39 is 10.0 Å². The van der Waals surface area contributed by atoms with Crippen LogP contribution in [0, 0.1) is 11.8 Å². The van der Waals surface area contributed by atoms with Crippen LogP contribution < -0.4 is 5.32 Å². The summed E-state index contributed by atoms with van der Waals surface area (Å²) in [5, 5.41) is 4.28. The van der Waals surface area contributed by atoms with Crippen LogP contribution in [0.5, 0.6) is 0 Å². The van der Waals surface area contributed by atoms with Gasteiger partial charge in [0.25, 0.3) is 10.0 Å². The molecule has 1 aromatic carbocycles. The maximum atomic E-state index is 12.9. The summed E-state index contributed by atoms with van der Waals surface area (Å²) in [5.41, 5.74) is 0.931. The van der Waals surface area contributed by atoms with Crippen LogP contribution in [0.25, 0.3) is 0 Å². The zero-order valence-electron chi connectivity index (χ0n) is 14.0. The van der Waals surface area contributed by atoms with Crippen molar-refractivity contribution in [3.05, 3.63) is 41.8 Å². The predicted octanol–water partition coefficient (Wildman–Crippen LogP) is 2.58. The Bertz CT molecular complexity index is 878. The Labute approximate surface area is 152 Å². The molecule has 2 aliphatic rings. The molecule has 0 spiro atoms. The van der Waals surface area contributed by atoms with E-state index in [0.717, 1.165) is 5.69 Å². The molecule has 8 heteroatoms. The van der Waals surface area contributed by atoms with Gasteiger partial charge in [0, 0.05) is 43.1 Å². The summed E-state index contributed by atoms with van der Waals surface area (Å²) in [4.78, 5) is 4.03. The maximum Gasteiger partial charge on any atom is 0.262 e. The van der Waals surface area contributed by atoms with Gasteiger partial charge in [0.05, 0.1) is 6.33 Å². The molecule has 2 heterocycles. The molecule has 6 nitrogen and oxygen atoms in total. The third-order valence-corrected chi connectivity index (χ3v) is 6.97. The van der Waals surface area contributed by atoms with Crippen LogP contribution in [0.3, 0.4) is 0 Å². The molecule has 4 rings (SSSR count). The lowest BCUT2D eigenvalue weighted by Gasteiger charge is -2.20. The fraction of sp³-hybridized carbons (Fsp3) is 0.471. The van der Waals surface area contributed by atoms with Gasteiger partial charge in [0.1, 0.15) is 0 Å². The number of nitrogens with zero attached hydrogens (tertiary/aromatic N) is 3. The number of halogens is 1. The summed E-state index contributed by atoms with van der Waals surface area (Å²) in [6, 6.07) is 7.66. The van der Waals surface area contributed by atoms with Crippen LogP contribution >= 0.6 is 11.6 Å². The van der Waals surface area contributed by atoms with E-state index in [1.807, 2.05) is 24.3 Å². The van der Waals surface area contributed by atoms with Gasteiger partial charge in [0.15, 0.2) is 5.03 Å². The summed E-state index contributed by atoms with van der Waals surface area (Å²) in [5.74, 6) is 0.915. The fourth-order valence-corrected chi connectivity index (χ4v) is 5.25. The van der Waals surface area contributed by atoms with Gasteiger partial charge in [-0.2, -0.15) is 4.31 Å². The number of aryl methyl sites for hydroxylation is 1. The van der Waals surface area contributed by atoms with Gasteiger partial charge in [-0.05, 0) is 42.9 Å². The highest BCUT2D eigenvalue weighted by atomic mass is 35.5. The number of aromatic nitrogens is 2. The van der Waals surface area contributed by atoms with E-state index in [1.165, 1.54) is 19.2 Å². The number of benzene rings is 1. The van der Waals surface area contributed by atoms with Crippen molar-refractivity contribution in [2.24, 2.45) is 18.9 Å². The lowest BCUT2D eigenvalue weighted by atomic mass is 9.98. The lowest BCUT2D eigenvalue weighted by molar-refractivity contribution is 0.431. The summed E-state index contributed by atoms with van der Waals surface area (Å²) in [6.07, 6.45) is 5.42. The Kier molecular flexibility index (Phi) is 4.25. The highest BCUT2D eigenvalue weighted by Gasteiger charge is 2.46. The number of rotatable bonds is 5. The first-order valence-electron chi connectivity index (χ1n) is 8.44. The molecule has 0 bridgehead atoms. The van der Waals surface area contributed by atoms with Crippen molar-refractivity contribution in [1.29, 1.82) is 0 Å². The Morgan fingerprint density at radius 1 is 1.28 bits per heavy atom. The second-order valence-corrected chi connectivity index (χ2v) is 9.28. The van der Waals surface area contributed by atoms with E-state index in [2.05, 4.69) is 10.3 Å². The van der Waals surface area contributed by atoms with E-state index >= 15 is 0 Å². The molecule has 0 radical (unpaired) electrons. The molecule has 1 saturated carbocycles. The number of sulfonamides is 1. The first kappa shape index (κ1) is 16.9. The molecule has 1 N–H and O–H groups in total. The number of anilines is 1. The molecular weight excluding hydrogens is 360 g/mol. The minimum Gasteiger partial charge on any atom is -0.381 e. The third kappa shape index (κ3) is 3.41. The molecule has 1 saturated heterocycles. The molecule has 2 fully saturated rings. The van der Waals surface area contributed by atoms with Crippen molar-refractivity contribution in [3.63, 3.8) is 0 Å². The zero-order valence-corrected chi connectivity index (χ0v) is 15.5. The molecule has 0 amide bonds. The van der Waals surface area contributed by atoms with Gasteiger partial charge >= 0.3 is 0 Å². The minimum atomic E-state index is -3.55. The molecule has 1 aromatic heterocycles. The topological polar surface area (TPSA) is 67.2 Å². The van der Waals surface area contributed by atoms with E-state index in [1.54, 1.807) is 22.1 Å². The largest absolute Gasteiger partial charge is 0.381 e. The van der Waals surface area contributed by atoms with E-state index in [9.17, 15) is 8.42 Å². The smallest absolute Gasteiger partial charge is 0.262 e. The molecule has 2 atom stereocenters. The third-order valence-electron chi connectivity index (χ3n) is 5.02. The summed E-state index contributed by atoms with van der Waals surface area (Å²) >= 11 is 6.07. The highest BCUT2D eigenvalue weighted by Crippen LogP contribution is 2.43. The molecule has 2 unspecified atom stereocenters. The van der Waals surface area contributed by atoms with Crippen molar-refractivity contribution in [1.82, 2.24) is 13.9 Å². The Balaban J connectivity index is 1.56. The van der Waals surface area contributed by atoms with Gasteiger partial charge in [-0.1, -0.05) is 17.7 Å². The summed E-state index contributed by atoms with van der Waals surface area (Å²) < 4.78 is 29.0. The van der Waals surface area contributed by atoms with Crippen LogP contribution in [0.4, 0.5) is 5.69 Å². The van der Waals surface area contributed by atoms with Gasteiger partial charge in [-0.3, -0.25) is 0 Å². The molecule has 2 aromatic rings. The van der Waals surface area contributed by atoms with Crippen LogP contribution in [0.15, 0.2) is 41.8 Å². The van der Waals surface area contributed by atoms with Crippen LogP contribution in [-0.2, 0) is 17.1 Å². The van der Waals surface area contributed by atoms with Crippen molar-refractivity contribution >= 4 is 27.3 Å². The second-order valence-electron chi connectivity index (χ2n) is 6.96. The summed E-state index contributed by atoms with van der Waals surface area (Å²) in [6.45, 7) is 0.994. The Morgan fingerprint density at radius 2 is 2.08 bits per heavy atom. The standard InChI is InChI=1S/C17H21ClN4O2S/c1-21-10-17(19-11-21)25(23,24)22-8-15(12-5-6-12)16(9-22)20-14-4-2-3-13(18)7-14/h2-4,7,10-12,15-16,20H,5-6,8-9H2,1H3. The molecule has 134 valence electrons. The lowest BCUT2D eigenvalue weighted by Crippen LogP contribution is -2.32. The van der Waals surface area contributed by atoms with Gasteiger partial charge in [-0.25, -0.2) is 13.4 Å². The van der Waals surface area contributed by atoms with E-state index in [0.29, 0.717) is 29.9 Å². The first-order chi connectivity index (χ1) is 11.9. The predicted molar refractivity (Wildman–Crippen MR) is 97.0 cm³/mol. The monoisotopic (exact) mass is 380 g/mol. The SMILES string of the molecule is Cn1cnc(S(=O)(=O)N2CC(Nc3cccc(Cl)c3)C(C3CC3)C2)c1. The van der Waals surface area contributed by atoms with Crippen LogP contribution in [0.1, 0.15) is 12.8 Å². The molecular formula is C17H21ClN4O2S. The van der Waals surface area contributed by atoms with Crippen molar-refractivity contribution in [3.8, 4) is 0 Å². The van der Waals surface area contributed by atoms with Gasteiger partial charge in [-0.15, -0.1) is 0 Å². The average Bonchev–Trinajstić information content (AvgIpc) is 3.16. The van der Waals surface area contributed by atoms with Gasteiger partial charge < -0.3 is 9.88 Å². The van der Waals surface area contributed by atoms with Crippen molar-refractivity contribution in [2.75, 3.05) is 18.4 Å². The molecule has 1 aliphatic carbocycles. The van der Waals surface area contributed by atoms with E-state index in [-0.39, 0.29) is 11.1 Å². The van der Waals surface area contributed by atoms with Crippen molar-refractivity contribution in [2.45, 2.75) is 23.9 Å². The normalized spacial score (nSPS) is 24.6. The number of hydrogen-bond acceptors (Lipinski definition) is 4. The van der Waals surface area contributed by atoms with Gasteiger partial charge in [0.2, 0.25) is 0 Å².